The topological polar surface area (TPSA) is 0 Å². The third kappa shape index (κ3) is 4.77. The van der Waals surface area contributed by atoms with Gasteiger partial charge in [-0.05, 0) is 0 Å². The van der Waals surface area contributed by atoms with Gasteiger partial charge in [0.25, 0.3) is 0 Å². The third-order valence-corrected chi connectivity index (χ3v) is 0.607. The summed E-state index contributed by atoms with van der Waals surface area (Å²) < 4.78 is 0. The summed E-state index contributed by atoms with van der Waals surface area (Å²) in [4.78, 5) is 0. The zero-order valence-electron chi connectivity index (χ0n) is 4.47. The van der Waals surface area contributed by atoms with E-state index < -0.39 is 0 Å². The van der Waals surface area contributed by atoms with Gasteiger partial charge in [-0.25, -0.2) is 0 Å². The van der Waals surface area contributed by atoms with E-state index in [-0.39, 0.29) is 44.3 Å². The summed E-state index contributed by atoms with van der Waals surface area (Å²) >= 11 is 0. The maximum Gasteiger partial charge on any atom is 2.00 e. The summed E-state index contributed by atoms with van der Waals surface area (Å²) in [6.45, 7) is 0. The molecule has 0 heterocycles. The molecule has 0 spiro atoms. The molecule has 0 saturated heterocycles. The molecule has 0 fully saturated rings. The van der Waals surface area contributed by atoms with Crippen molar-refractivity contribution in [3.8, 4) is 0 Å². The van der Waals surface area contributed by atoms with E-state index in [9.17, 15) is 0 Å². The van der Waals surface area contributed by atoms with E-state index in [1.807, 2.05) is 30.3 Å². The first kappa shape index (κ1) is 11.4. The summed E-state index contributed by atoms with van der Waals surface area (Å²) in [6, 6.07) is 12.5. The normalized spacial score (nSPS) is 6.00. The first-order valence-corrected chi connectivity index (χ1v) is 1.91. The molecule has 0 unspecified atom stereocenters. The molecule has 0 saturated carbocycles. The molecule has 0 aliphatic heterocycles. The van der Waals surface area contributed by atoms with Crippen LogP contribution in [0.3, 0.4) is 0 Å². The average molecular weight is 269 g/mol. The smallest absolute Gasteiger partial charge is 1.00 e. The monoisotopic (exact) mass is 270 g/mol. The molecular weight excluding hydrogens is 264 g/mol. The van der Waals surface area contributed by atoms with E-state index in [1.165, 1.54) is 0 Å². The minimum atomic E-state index is 0. The van der Waals surface area contributed by atoms with E-state index in [1.54, 1.807) is 0 Å². The number of hydrogen-bond acceptors (Lipinski definition) is 0. The van der Waals surface area contributed by atoms with Crippen molar-refractivity contribution < 1.29 is 44.3 Å². The standard InChI is InChI=1S/C6H5.BrH.Cd/c1-2-4-6-5-3-1;;/h1-5H;1H;/q-1;;+2/p-1. The van der Waals surface area contributed by atoms with E-state index in [2.05, 4.69) is 6.07 Å². The van der Waals surface area contributed by atoms with Gasteiger partial charge in [-0.1, -0.05) is 0 Å². The summed E-state index contributed by atoms with van der Waals surface area (Å²) in [5, 5.41) is 0. The number of benzene rings is 1. The zero-order chi connectivity index (χ0) is 4.24. The van der Waals surface area contributed by atoms with Crippen molar-refractivity contribution in [3.63, 3.8) is 0 Å². The van der Waals surface area contributed by atoms with Crippen LogP contribution in [0, 0.1) is 6.07 Å². The van der Waals surface area contributed by atoms with Crippen LogP contribution in [0.1, 0.15) is 0 Å². The van der Waals surface area contributed by atoms with E-state index in [0.29, 0.717) is 0 Å². The van der Waals surface area contributed by atoms with Gasteiger partial charge in [-0.15, -0.1) is 0 Å². The van der Waals surface area contributed by atoms with E-state index in [0.717, 1.165) is 0 Å². The van der Waals surface area contributed by atoms with Crippen molar-refractivity contribution in [2.75, 3.05) is 0 Å². The van der Waals surface area contributed by atoms with Gasteiger partial charge in [0.15, 0.2) is 0 Å². The third-order valence-electron chi connectivity index (χ3n) is 0.607. The molecule has 2 heteroatoms. The van der Waals surface area contributed by atoms with Gasteiger partial charge in [0, 0.05) is 0 Å². The van der Waals surface area contributed by atoms with Gasteiger partial charge < -0.3 is 17.0 Å². The van der Waals surface area contributed by atoms with E-state index >= 15 is 0 Å². The van der Waals surface area contributed by atoms with Crippen molar-refractivity contribution in [1.82, 2.24) is 0 Å². The molecule has 0 radical (unpaired) electrons. The summed E-state index contributed by atoms with van der Waals surface area (Å²) in [5.74, 6) is 0. The number of hydrogen-bond donors (Lipinski definition) is 0. The predicted octanol–water partition coefficient (Wildman–Crippen LogP) is -1.51. The van der Waals surface area contributed by atoms with Crippen molar-refractivity contribution in [3.05, 3.63) is 36.4 Å². The molecule has 1 aromatic carbocycles. The Morgan fingerprint density at radius 1 is 0.875 bits per heavy atom. The zero-order valence-corrected chi connectivity index (χ0v) is 10.1. The Kier molecular flexibility index (Phi) is 10.9. The molecule has 0 atom stereocenters. The van der Waals surface area contributed by atoms with Gasteiger partial charge in [0.1, 0.15) is 0 Å². The minimum absolute atomic E-state index is 0. The van der Waals surface area contributed by atoms with Gasteiger partial charge in [-0.3, -0.25) is 0 Å². The summed E-state index contributed by atoms with van der Waals surface area (Å²) in [5.41, 5.74) is 0. The SMILES string of the molecule is [Br-].[Cd+2].[c-]1ccccc1. The molecule has 1 rings (SSSR count). The molecule has 0 aliphatic carbocycles. The second kappa shape index (κ2) is 7.62. The Morgan fingerprint density at radius 3 is 1.50 bits per heavy atom. The molecule has 0 amide bonds. The van der Waals surface area contributed by atoms with Crippen molar-refractivity contribution in [2.24, 2.45) is 0 Å². The summed E-state index contributed by atoms with van der Waals surface area (Å²) in [6.07, 6.45) is 0. The quantitative estimate of drug-likeness (QED) is 0.397. The van der Waals surface area contributed by atoms with Crippen LogP contribution in [-0.2, 0) is 27.3 Å². The Labute approximate surface area is 80.2 Å². The Bertz CT molecular complexity index is 80.5. The fraction of sp³-hybridized carbons (Fsp3) is 0. The Hall–Kier alpha value is 0.622. The second-order valence-electron chi connectivity index (χ2n) is 1.08. The average Bonchev–Trinajstić information content (AvgIpc) is 1.72. The van der Waals surface area contributed by atoms with Crippen LogP contribution in [0.2, 0.25) is 0 Å². The molecule has 0 aliphatic rings. The Balaban J connectivity index is 0. The van der Waals surface area contributed by atoms with Crippen molar-refractivity contribution >= 4 is 0 Å². The molecular formula is C6H5BrCd. The van der Waals surface area contributed by atoms with Crippen LogP contribution >= 0.6 is 0 Å². The van der Waals surface area contributed by atoms with E-state index in [4.69, 9.17) is 0 Å². The van der Waals surface area contributed by atoms with Crippen LogP contribution in [-0.4, -0.2) is 0 Å². The van der Waals surface area contributed by atoms with Crippen LogP contribution in [0.5, 0.6) is 0 Å². The maximum atomic E-state index is 2.89. The number of halogens is 1. The molecule has 0 bridgehead atoms. The summed E-state index contributed by atoms with van der Waals surface area (Å²) in [7, 11) is 0. The van der Waals surface area contributed by atoms with Gasteiger partial charge in [0.05, 0.1) is 0 Å². The molecule has 0 nitrogen and oxygen atoms in total. The number of rotatable bonds is 0. The van der Waals surface area contributed by atoms with Gasteiger partial charge in [-0.2, -0.15) is 36.4 Å². The molecule has 38 valence electrons. The molecule has 8 heavy (non-hydrogen) atoms. The van der Waals surface area contributed by atoms with Crippen LogP contribution in [0.15, 0.2) is 30.3 Å². The van der Waals surface area contributed by atoms with Crippen LogP contribution in [0.4, 0.5) is 0 Å². The Morgan fingerprint density at radius 2 is 1.38 bits per heavy atom. The molecule has 0 N–H and O–H groups in total. The largest absolute Gasteiger partial charge is 2.00 e. The van der Waals surface area contributed by atoms with Crippen LogP contribution < -0.4 is 17.0 Å². The van der Waals surface area contributed by atoms with Gasteiger partial charge in [0.2, 0.25) is 0 Å². The first-order chi connectivity index (χ1) is 3.00. The van der Waals surface area contributed by atoms with Crippen molar-refractivity contribution in [2.45, 2.75) is 0 Å². The first-order valence-electron chi connectivity index (χ1n) is 1.91. The molecule has 0 aromatic heterocycles. The van der Waals surface area contributed by atoms with Crippen LogP contribution in [0.25, 0.3) is 0 Å². The minimum Gasteiger partial charge on any atom is -1.00 e. The van der Waals surface area contributed by atoms with Gasteiger partial charge >= 0.3 is 27.3 Å². The second-order valence-corrected chi connectivity index (χ2v) is 1.08. The van der Waals surface area contributed by atoms with Crippen molar-refractivity contribution in [1.29, 1.82) is 0 Å². The predicted molar refractivity (Wildman–Crippen MR) is 25.3 cm³/mol. The molecule has 1 aromatic rings. The fourth-order valence-electron chi connectivity index (χ4n) is 0.342. The fourth-order valence-corrected chi connectivity index (χ4v) is 0.342. The maximum absolute atomic E-state index is 2.89.